The summed E-state index contributed by atoms with van der Waals surface area (Å²) in [7, 11) is 0. The van der Waals surface area contributed by atoms with Gasteiger partial charge in [-0.2, -0.15) is 0 Å². The van der Waals surface area contributed by atoms with E-state index < -0.39 is 0 Å². The molecule has 8 heteroatoms. The number of nitrogens with one attached hydrogen (secondary N) is 3. The minimum atomic E-state index is -0.361. The lowest BCUT2D eigenvalue weighted by molar-refractivity contribution is -0.135. The summed E-state index contributed by atoms with van der Waals surface area (Å²) >= 11 is 0. The molecule has 0 aliphatic carbocycles. The fourth-order valence-electron chi connectivity index (χ4n) is 2.91. The molecule has 2 unspecified atom stereocenters. The lowest BCUT2D eigenvalue weighted by atomic mass is 10.2. The SMILES string of the molecule is O=C(Nc1ccc(F)cc1)NC1CCN(C(=O)C2COCCN2)C1. The summed E-state index contributed by atoms with van der Waals surface area (Å²) in [5.41, 5.74) is 0.517. The molecule has 0 aromatic heterocycles. The molecule has 1 aromatic carbocycles. The molecule has 24 heavy (non-hydrogen) atoms. The van der Waals surface area contributed by atoms with Crippen molar-refractivity contribution in [2.75, 3.05) is 38.2 Å². The standard InChI is InChI=1S/C16H21FN4O3/c17-11-1-3-12(4-2-11)19-16(23)20-13-5-7-21(9-13)15(22)14-10-24-8-6-18-14/h1-4,13-14,18H,5-10H2,(H2,19,20,23). The number of halogens is 1. The van der Waals surface area contributed by atoms with Gasteiger partial charge in [-0.25, -0.2) is 9.18 Å². The Morgan fingerprint density at radius 2 is 2.08 bits per heavy atom. The Morgan fingerprint density at radius 3 is 2.79 bits per heavy atom. The molecule has 3 rings (SSSR count). The number of nitrogens with zero attached hydrogens (tertiary/aromatic N) is 1. The van der Waals surface area contributed by atoms with Gasteiger partial charge in [-0.05, 0) is 30.7 Å². The van der Waals surface area contributed by atoms with E-state index in [-0.39, 0.29) is 29.8 Å². The van der Waals surface area contributed by atoms with E-state index in [1.54, 1.807) is 4.90 Å². The van der Waals surface area contributed by atoms with Crippen molar-refractivity contribution in [3.05, 3.63) is 30.1 Å². The first-order valence-electron chi connectivity index (χ1n) is 8.05. The maximum Gasteiger partial charge on any atom is 0.319 e. The smallest absolute Gasteiger partial charge is 0.319 e. The van der Waals surface area contributed by atoms with Crippen molar-refractivity contribution in [2.45, 2.75) is 18.5 Å². The number of carbonyl (C=O) groups excluding carboxylic acids is 2. The van der Waals surface area contributed by atoms with E-state index in [2.05, 4.69) is 16.0 Å². The van der Waals surface area contributed by atoms with Crippen molar-refractivity contribution in [2.24, 2.45) is 0 Å². The first kappa shape index (κ1) is 16.7. The number of rotatable bonds is 3. The number of benzene rings is 1. The Kier molecular flexibility index (Phi) is 5.27. The number of hydrogen-bond donors (Lipinski definition) is 3. The summed E-state index contributed by atoms with van der Waals surface area (Å²) in [4.78, 5) is 26.1. The Labute approximate surface area is 139 Å². The normalized spacial score (nSPS) is 23.8. The van der Waals surface area contributed by atoms with Gasteiger partial charge in [0.1, 0.15) is 11.9 Å². The zero-order chi connectivity index (χ0) is 16.9. The summed E-state index contributed by atoms with van der Waals surface area (Å²) in [6.07, 6.45) is 0.705. The van der Waals surface area contributed by atoms with Gasteiger partial charge in [-0.1, -0.05) is 0 Å². The van der Waals surface area contributed by atoms with Gasteiger partial charge in [0.25, 0.3) is 0 Å². The van der Waals surface area contributed by atoms with Crippen LogP contribution in [0.25, 0.3) is 0 Å². The zero-order valence-corrected chi connectivity index (χ0v) is 13.3. The number of likely N-dealkylation sites (tertiary alicyclic amines) is 1. The van der Waals surface area contributed by atoms with Gasteiger partial charge in [-0.3, -0.25) is 4.79 Å². The number of urea groups is 1. The van der Waals surface area contributed by atoms with Crippen LogP contribution in [0.2, 0.25) is 0 Å². The molecule has 0 radical (unpaired) electrons. The molecule has 2 heterocycles. The van der Waals surface area contributed by atoms with E-state index in [4.69, 9.17) is 4.74 Å². The van der Waals surface area contributed by atoms with E-state index in [1.165, 1.54) is 24.3 Å². The van der Waals surface area contributed by atoms with Crippen LogP contribution < -0.4 is 16.0 Å². The maximum absolute atomic E-state index is 12.8. The molecule has 2 aliphatic heterocycles. The molecule has 2 aliphatic rings. The summed E-state index contributed by atoms with van der Waals surface area (Å²) in [6, 6.07) is 4.79. The maximum atomic E-state index is 12.8. The van der Waals surface area contributed by atoms with Crippen LogP contribution in [0.4, 0.5) is 14.9 Å². The molecular formula is C16H21FN4O3. The molecule has 1 aromatic rings. The largest absolute Gasteiger partial charge is 0.378 e. The first-order chi connectivity index (χ1) is 11.6. The van der Waals surface area contributed by atoms with Crippen molar-refractivity contribution >= 4 is 17.6 Å². The third-order valence-electron chi connectivity index (χ3n) is 4.16. The Hall–Kier alpha value is -2.19. The van der Waals surface area contributed by atoms with Crippen molar-refractivity contribution in [3.63, 3.8) is 0 Å². The lowest BCUT2D eigenvalue weighted by Gasteiger charge is -2.27. The molecular weight excluding hydrogens is 315 g/mol. The highest BCUT2D eigenvalue weighted by molar-refractivity contribution is 5.89. The van der Waals surface area contributed by atoms with Crippen LogP contribution in [-0.4, -0.2) is 61.8 Å². The number of amides is 3. The molecule has 0 spiro atoms. The molecule has 3 amide bonds. The molecule has 3 N–H and O–H groups in total. The van der Waals surface area contributed by atoms with Crippen molar-refractivity contribution in [3.8, 4) is 0 Å². The van der Waals surface area contributed by atoms with Gasteiger partial charge in [0, 0.05) is 31.4 Å². The second-order valence-corrected chi connectivity index (χ2v) is 5.96. The molecule has 0 saturated carbocycles. The molecule has 0 bridgehead atoms. The lowest BCUT2D eigenvalue weighted by Crippen LogP contribution is -2.52. The summed E-state index contributed by atoms with van der Waals surface area (Å²) < 4.78 is 18.2. The fraction of sp³-hybridized carbons (Fsp3) is 0.500. The van der Waals surface area contributed by atoms with Gasteiger partial charge in [0.05, 0.1) is 13.2 Å². The van der Waals surface area contributed by atoms with Crippen LogP contribution in [0.3, 0.4) is 0 Å². The highest BCUT2D eigenvalue weighted by Crippen LogP contribution is 2.13. The topological polar surface area (TPSA) is 82.7 Å². The molecule has 130 valence electrons. The monoisotopic (exact) mass is 336 g/mol. The Morgan fingerprint density at radius 1 is 1.29 bits per heavy atom. The molecule has 2 saturated heterocycles. The van der Waals surface area contributed by atoms with Crippen LogP contribution >= 0.6 is 0 Å². The predicted octanol–water partition coefficient (Wildman–Crippen LogP) is 0.536. The van der Waals surface area contributed by atoms with E-state index in [0.29, 0.717) is 45.0 Å². The van der Waals surface area contributed by atoms with Crippen LogP contribution in [-0.2, 0) is 9.53 Å². The van der Waals surface area contributed by atoms with E-state index in [9.17, 15) is 14.0 Å². The average Bonchev–Trinajstić information content (AvgIpc) is 3.05. The van der Waals surface area contributed by atoms with Crippen molar-refractivity contribution in [1.82, 2.24) is 15.5 Å². The van der Waals surface area contributed by atoms with Gasteiger partial charge in [0.2, 0.25) is 5.91 Å². The van der Waals surface area contributed by atoms with Crippen molar-refractivity contribution < 1.29 is 18.7 Å². The van der Waals surface area contributed by atoms with E-state index >= 15 is 0 Å². The fourth-order valence-corrected chi connectivity index (χ4v) is 2.91. The van der Waals surface area contributed by atoms with Crippen LogP contribution in [0.15, 0.2) is 24.3 Å². The molecule has 2 fully saturated rings. The zero-order valence-electron chi connectivity index (χ0n) is 13.3. The van der Waals surface area contributed by atoms with Gasteiger partial charge in [-0.15, -0.1) is 0 Å². The summed E-state index contributed by atoms with van der Waals surface area (Å²) in [6.45, 7) is 2.77. The number of morpholine rings is 1. The third kappa shape index (κ3) is 4.21. The number of ether oxygens (including phenoxy) is 1. The van der Waals surface area contributed by atoms with Crippen LogP contribution in [0.1, 0.15) is 6.42 Å². The quantitative estimate of drug-likeness (QED) is 0.752. The minimum absolute atomic E-state index is 0.0120. The minimum Gasteiger partial charge on any atom is -0.378 e. The summed E-state index contributed by atoms with van der Waals surface area (Å²) in [5.74, 6) is -0.343. The third-order valence-corrected chi connectivity index (χ3v) is 4.16. The highest BCUT2D eigenvalue weighted by atomic mass is 19.1. The first-order valence-corrected chi connectivity index (χ1v) is 8.05. The molecule has 7 nitrogen and oxygen atoms in total. The molecule has 2 atom stereocenters. The van der Waals surface area contributed by atoms with E-state index in [0.717, 1.165) is 0 Å². The van der Waals surface area contributed by atoms with Gasteiger partial charge in [0.15, 0.2) is 0 Å². The number of carbonyl (C=O) groups is 2. The second-order valence-electron chi connectivity index (χ2n) is 5.96. The van der Waals surface area contributed by atoms with Gasteiger partial charge >= 0.3 is 6.03 Å². The van der Waals surface area contributed by atoms with Crippen LogP contribution in [0.5, 0.6) is 0 Å². The summed E-state index contributed by atoms with van der Waals surface area (Å²) in [5, 5.41) is 8.63. The number of hydrogen-bond acceptors (Lipinski definition) is 4. The number of anilines is 1. The Bertz CT molecular complexity index is 589. The highest BCUT2D eigenvalue weighted by Gasteiger charge is 2.32. The van der Waals surface area contributed by atoms with Crippen LogP contribution in [0, 0.1) is 5.82 Å². The Balaban J connectivity index is 1.46. The second kappa shape index (κ2) is 7.59. The average molecular weight is 336 g/mol. The van der Waals surface area contributed by atoms with Crippen molar-refractivity contribution in [1.29, 1.82) is 0 Å². The predicted molar refractivity (Wildman–Crippen MR) is 86.1 cm³/mol. The van der Waals surface area contributed by atoms with Gasteiger partial charge < -0.3 is 25.6 Å². The van der Waals surface area contributed by atoms with E-state index in [1.807, 2.05) is 0 Å².